The van der Waals surface area contributed by atoms with Crippen LogP contribution < -0.4 is 9.61 Å². The lowest BCUT2D eigenvalue weighted by Gasteiger charge is -2.04. The number of aromatic amines is 1. The molecule has 0 saturated carbocycles. The molecule has 3 aromatic heterocycles. The molecule has 126 valence electrons. The van der Waals surface area contributed by atoms with Gasteiger partial charge in [0.2, 0.25) is 5.88 Å². The molecule has 0 saturated heterocycles. The Labute approximate surface area is 153 Å². The number of carbonyl (C=O) groups is 1. The van der Waals surface area contributed by atoms with Gasteiger partial charge >= 0.3 is 10.8 Å². The third-order valence-electron chi connectivity index (χ3n) is 3.36. The molecule has 3 heterocycles. The van der Waals surface area contributed by atoms with Gasteiger partial charge < -0.3 is 4.74 Å². The highest BCUT2D eigenvalue weighted by Gasteiger charge is 2.13. The van der Waals surface area contributed by atoms with Gasteiger partial charge in [-0.05, 0) is 24.6 Å². The molecule has 1 N–H and O–H groups in total. The van der Waals surface area contributed by atoms with Crippen molar-refractivity contribution in [3.63, 3.8) is 0 Å². The summed E-state index contributed by atoms with van der Waals surface area (Å²) in [6, 6.07) is 9.49. The van der Waals surface area contributed by atoms with Crippen LogP contribution in [-0.4, -0.2) is 26.7 Å². The van der Waals surface area contributed by atoms with Gasteiger partial charge in [-0.3, -0.25) is 14.6 Å². The Bertz CT molecular complexity index is 1110. The van der Waals surface area contributed by atoms with Crippen molar-refractivity contribution in [2.75, 3.05) is 5.75 Å². The van der Waals surface area contributed by atoms with Crippen molar-refractivity contribution in [1.29, 1.82) is 0 Å². The molecule has 25 heavy (non-hydrogen) atoms. The van der Waals surface area contributed by atoms with E-state index in [9.17, 15) is 9.59 Å². The van der Waals surface area contributed by atoms with E-state index in [1.165, 1.54) is 11.8 Å². The van der Waals surface area contributed by atoms with Gasteiger partial charge in [0, 0.05) is 6.07 Å². The van der Waals surface area contributed by atoms with Crippen LogP contribution in [0.25, 0.3) is 20.6 Å². The average molecular weight is 389 g/mol. The number of hydrogen-bond donors (Lipinski definition) is 1. The fourth-order valence-corrected chi connectivity index (χ4v) is 4.88. The average Bonchev–Trinajstić information content (AvgIpc) is 3.15. The maximum absolute atomic E-state index is 12.1. The van der Waals surface area contributed by atoms with Crippen LogP contribution in [0.2, 0.25) is 0 Å². The molecule has 0 fully saturated rings. The van der Waals surface area contributed by atoms with Crippen LogP contribution in [0.5, 0.6) is 5.88 Å². The van der Waals surface area contributed by atoms with Gasteiger partial charge in [-0.15, -0.1) is 11.3 Å². The zero-order valence-electron chi connectivity index (χ0n) is 12.9. The van der Waals surface area contributed by atoms with Crippen LogP contribution in [0.3, 0.4) is 0 Å². The number of para-hydroxylation sites is 1. The van der Waals surface area contributed by atoms with Crippen LogP contribution >= 0.6 is 34.4 Å². The van der Waals surface area contributed by atoms with E-state index < -0.39 is 5.97 Å². The van der Waals surface area contributed by atoms with E-state index >= 15 is 0 Å². The maximum Gasteiger partial charge on any atom is 0.323 e. The van der Waals surface area contributed by atoms with Crippen molar-refractivity contribution in [3.05, 3.63) is 45.6 Å². The normalized spacial score (nSPS) is 11.2. The molecule has 9 heteroatoms. The smallest absolute Gasteiger partial charge is 0.323 e. The quantitative estimate of drug-likeness (QED) is 0.424. The number of H-pyrrole nitrogens is 1. The molecule has 4 aromatic rings. The largest absolute Gasteiger partial charge is 0.407 e. The summed E-state index contributed by atoms with van der Waals surface area (Å²) >= 11 is 3.97. The summed E-state index contributed by atoms with van der Waals surface area (Å²) in [6.45, 7) is 1.85. The number of thiazole rings is 2. The van der Waals surface area contributed by atoms with E-state index in [-0.39, 0.29) is 16.5 Å². The Morgan fingerprint density at radius 3 is 2.96 bits per heavy atom. The molecule has 0 radical (unpaired) electrons. The number of rotatable bonds is 4. The summed E-state index contributed by atoms with van der Waals surface area (Å²) in [5, 5.41) is 0. The topological polar surface area (TPSA) is 84.9 Å². The van der Waals surface area contributed by atoms with Crippen LogP contribution in [0.15, 0.2) is 39.5 Å². The number of thioether (sulfide) groups is 1. The van der Waals surface area contributed by atoms with Crippen LogP contribution in [0.4, 0.5) is 0 Å². The fraction of sp³-hybridized carbons (Fsp3) is 0.125. The van der Waals surface area contributed by atoms with Gasteiger partial charge in [0.1, 0.15) is 0 Å². The molecule has 0 bridgehead atoms. The third-order valence-corrected chi connectivity index (χ3v) is 6.52. The van der Waals surface area contributed by atoms with E-state index in [0.29, 0.717) is 5.65 Å². The zero-order chi connectivity index (χ0) is 17.4. The molecule has 0 amide bonds. The van der Waals surface area contributed by atoms with E-state index in [1.54, 1.807) is 17.4 Å². The van der Waals surface area contributed by atoms with Gasteiger partial charge in [-0.25, -0.2) is 4.98 Å². The molecule has 0 aliphatic carbocycles. The number of pyridine rings is 1. The molecule has 0 unspecified atom stereocenters. The number of aryl methyl sites for hydroxylation is 1. The molecular formula is C16H11N3O3S3. The molecule has 4 rings (SSSR count). The summed E-state index contributed by atoms with van der Waals surface area (Å²) < 4.78 is 7.97. The summed E-state index contributed by atoms with van der Waals surface area (Å²) in [7, 11) is 0. The SMILES string of the molecule is Cc1cc(OC(=O)CSc2nc3ccccc3s2)nc2[nH]c(=O)sc12. The first-order valence-corrected chi connectivity index (χ1v) is 9.90. The Morgan fingerprint density at radius 2 is 2.12 bits per heavy atom. The van der Waals surface area contributed by atoms with E-state index in [2.05, 4.69) is 15.0 Å². The van der Waals surface area contributed by atoms with Crippen LogP contribution in [0.1, 0.15) is 5.56 Å². The second kappa shape index (κ2) is 6.58. The van der Waals surface area contributed by atoms with Crippen molar-refractivity contribution in [3.8, 4) is 5.88 Å². The molecule has 6 nitrogen and oxygen atoms in total. The second-order valence-corrected chi connectivity index (χ2v) is 8.42. The lowest BCUT2D eigenvalue weighted by molar-refractivity contribution is -0.131. The first kappa shape index (κ1) is 16.2. The molecular weight excluding hydrogens is 378 g/mol. The number of ether oxygens (including phenoxy) is 1. The molecule has 0 aliphatic heterocycles. The Kier molecular flexibility index (Phi) is 4.28. The lowest BCUT2D eigenvalue weighted by atomic mass is 10.3. The number of carbonyl (C=O) groups excluding carboxylic acids is 1. The number of nitrogens with zero attached hydrogens (tertiary/aromatic N) is 2. The fourth-order valence-electron chi connectivity index (χ4n) is 2.29. The highest BCUT2D eigenvalue weighted by molar-refractivity contribution is 8.01. The standard InChI is InChI=1S/C16H11N3O3S3/c1-8-6-11(18-14-13(8)25-15(21)19-14)22-12(20)7-23-16-17-9-4-2-3-5-10(9)24-16/h2-6H,7H2,1H3,(H,18,19,21). The number of benzene rings is 1. The minimum atomic E-state index is -0.409. The van der Waals surface area contributed by atoms with E-state index in [4.69, 9.17) is 4.74 Å². The molecule has 0 spiro atoms. The van der Waals surface area contributed by atoms with Gasteiger partial charge in [-0.2, -0.15) is 4.98 Å². The second-order valence-electron chi connectivity index (χ2n) is 5.18. The van der Waals surface area contributed by atoms with Crippen LogP contribution in [0, 0.1) is 6.92 Å². The van der Waals surface area contributed by atoms with Crippen molar-refractivity contribution in [1.82, 2.24) is 15.0 Å². The molecule has 0 atom stereocenters. The Balaban J connectivity index is 1.45. The van der Waals surface area contributed by atoms with E-state index in [1.807, 2.05) is 31.2 Å². The first-order valence-electron chi connectivity index (χ1n) is 7.28. The van der Waals surface area contributed by atoms with Crippen molar-refractivity contribution in [2.24, 2.45) is 0 Å². The molecule has 1 aromatic carbocycles. The van der Waals surface area contributed by atoms with Gasteiger partial charge in [0.05, 0.1) is 20.7 Å². The number of esters is 1. The lowest BCUT2D eigenvalue weighted by Crippen LogP contribution is -2.11. The first-order chi connectivity index (χ1) is 12.1. The number of hydrogen-bond acceptors (Lipinski definition) is 8. The monoisotopic (exact) mass is 389 g/mol. The Morgan fingerprint density at radius 1 is 1.28 bits per heavy atom. The predicted octanol–water partition coefficient (Wildman–Crippen LogP) is 3.60. The minimum absolute atomic E-state index is 0.138. The van der Waals surface area contributed by atoms with Gasteiger partial charge in [-0.1, -0.05) is 35.2 Å². The van der Waals surface area contributed by atoms with Crippen LogP contribution in [-0.2, 0) is 4.79 Å². The van der Waals surface area contributed by atoms with Crippen molar-refractivity contribution in [2.45, 2.75) is 11.3 Å². The van der Waals surface area contributed by atoms with Gasteiger partial charge in [0.15, 0.2) is 9.99 Å². The zero-order valence-corrected chi connectivity index (χ0v) is 15.4. The highest BCUT2D eigenvalue weighted by atomic mass is 32.2. The summed E-state index contributed by atoms with van der Waals surface area (Å²) in [4.78, 5) is 34.6. The summed E-state index contributed by atoms with van der Waals surface area (Å²) in [5.41, 5.74) is 2.21. The van der Waals surface area contributed by atoms with Crippen molar-refractivity contribution < 1.29 is 9.53 Å². The van der Waals surface area contributed by atoms with Crippen molar-refractivity contribution >= 4 is 61.0 Å². The Hall–Kier alpha value is -2.23. The molecule has 0 aliphatic rings. The maximum atomic E-state index is 12.1. The highest BCUT2D eigenvalue weighted by Crippen LogP contribution is 2.29. The summed E-state index contributed by atoms with van der Waals surface area (Å²) in [6.07, 6.45) is 0. The third kappa shape index (κ3) is 3.44. The number of fused-ring (bicyclic) bond motifs is 2. The predicted molar refractivity (Wildman–Crippen MR) is 101 cm³/mol. The summed E-state index contributed by atoms with van der Waals surface area (Å²) in [5.74, 6) is -0.0827. The number of aromatic nitrogens is 3. The number of nitrogens with one attached hydrogen (secondary N) is 1. The minimum Gasteiger partial charge on any atom is -0.407 e. The van der Waals surface area contributed by atoms with E-state index in [0.717, 1.165) is 36.2 Å². The van der Waals surface area contributed by atoms with Gasteiger partial charge in [0.25, 0.3) is 0 Å².